The van der Waals surface area contributed by atoms with Gasteiger partial charge in [0.2, 0.25) is 0 Å². The van der Waals surface area contributed by atoms with Gasteiger partial charge in [-0.1, -0.05) is 49.7 Å². The van der Waals surface area contributed by atoms with Crippen LogP contribution in [0.1, 0.15) is 53.2 Å². The summed E-state index contributed by atoms with van der Waals surface area (Å²) in [6.07, 6.45) is 4.89. The maximum atomic E-state index is 14.3. The minimum Gasteiger partial charge on any atom is -0.467 e. The van der Waals surface area contributed by atoms with Gasteiger partial charge in [-0.2, -0.15) is 11.8 Å². The number of halogens is 2. The molecule has 5 nitrogen and oxygen atoms in total. The number of methoxy groups -OCH3 is 1. The molecule has 41 heavy (non-hydrogen) atoms. The number of nitrogens with zero attached hydrogens (tertiary/aromatic N) is 1. The van der Waals surface area contributed by atoms with Gasteiger partial charge in [0.25, 0.3) is 5.91 Å². The lowest BCUT2D eigenvalue weighted by Crippen LogP contribution is -2.42. The SMILES string of the molecule is CCCCN(CCc1ccc(F)cc1F)Cc1ccc(C(=O)NC(CCSC)C(=O)OC)c(-c2ccccc2C)c1. The number of hydrogen-bond donors (Lipinski definition) is 1. The minimum absolute atomic E-state index is 0.332. The average Bonchev–Trinajstić information content (AvgIpc) is 2.97. The molecule has 0 bridgehead atoms. The molecule has 3 aromatic rings. The maximum Gasteiger partial charge on any atom is 0.328 e. The number of amides is 1. The van der Waals surface area contributed by atoms with Crippen LogP contribution in [0.15, 0.2) is 60.7 Å². The molecule has 3 aromatic carbocycles. The van der Waals surface area contributed by atoms with Crippen molar-refractivity contribution in [3.63, 3.8) is 0 Å². The van der Waals surface area contributed by atoms with Crippen molar-refractivity contribution in [2.75, 3.05) is 32.2 Å². The van der Waals surface area contributed by atoms with E-state index in [1.807, 2.05) is 55.6 Å². The van der Waals surface area contributed by atoms with E-state index in [-0.39, 0.29) is 5.91 Å². The minimum atomic E-state index is -0.735. The van der Waals surface area contributed by atoms with Gasteiger partial charge in [-0.3, -0.25) is 9.69 Å². The third-order valence-electron chi connectivity index (χ3n) is 7.11. The van der Waals surface area contributed by atoms with Crippen molar-refractivity contribution in [2.45, 2.75) is 52.1 Å². The first-order valence-corrected chi connectivity index (χ1v) is 15.4. The fraction of sp³-hybridized carbons (Fsp3) is 0.394. The first kappa shape index (κ1) is 32.3. The summed E-state index contributed by atoms with van der Waals surface area (Å²) in [6.45, 7) is 6.19. The lowest BCUT2D eigenvalue weighted by molar-refractivity contribution is -0.142. The second kappa shape index (κ2) is 16.3. The van der Waals surface area contributed by atoms with E-state index in [0.717, 1.165) is 47.7 Å². The molecule has 220 valence electrons. The zero-order valence-corrected chi connectivity index (χ0v) is 25.2. The van der Waals surface area contributed by atoms with E-state index in [1.165, 1.54) is 19.2 Å². The highest BCUT2D eigenvalue weighted by molar-refractivity contribution is 7.98. The second-order valence-electron chi connectivity index (χ2n) is 10.1. The molecule has 0 saturated carbocycles. The molecule has 0 aliphatic rings. The topological polar surface area (TPSA) is 58.6 Å². The molecular formula is C33H40F2N2O3S. The molecule has 1 amide bonds. The van der Waals surface area contributed by atoms with E-state index < -0.39 is 23.6 Å². The largest absolute Gasteiger partial charge is 0.467 e. The zero-order chi connectivity index (χ0) is 29.8. The molecule has 0 fully saturated rings. The number of aryl methyl sites for hydroxylation is 1. The summed E-state index contributed by atoms with van der Waals surface area (Å²) in [6, 6.07) is 16.7. The molecular weight excluding hydrogens is 542 g/mol. The van der Waals surface area contributed by atoms with Crippen LogP contribution in [0.25, 0.3) is 11.1 Å². The van der Waals surface area contributed by atoms with Crippen molar-refractivity contribution in [1.82, 2.24) is 10.2 Å². The third-order valence-corrected chi connectivity index (χ3v) is 7.76. The molecule has 0 aliphatic heterocycles. The first-order chi connectivity index (χ1) is 19.8. The number of carbonyl (C=O) groups is 2. The van der Waals surface area contributed by atoms with Crippen LogP contribution in [0, 0.1) is 18.6 Å². The van der Waals surface area contributed by atoms with E-state index in [1.54, 1.807) is 11.8 Å². The first-order valence-electron chi connectivity index (χ1n) is 14.0. The van der Waals surface area contributed by atoms with E-state index in [0.29, 0.717) is 42.8 Å². The lowest BCUT2D eigenvalue weighted by Gasteiger charge is -2.24. The Hall–Kier alpha value is -3.23. The van der Waals surface area contributed by atoms with Gasteiger partial charge < -0.3 is 10.1 Å². The molecule has 0 radical (unpaired) electrons. The summed E-state index contributed by atoms with van der Waals surface area (Å²) in [4.78, 5) is 28.2. The number of ether oxygens (including phenoxy) is 1. The van der Waals surface area contributed by atoms with Crippen molar-refractivity contribution in [2.24, 2.45) is 0 Å². The van der Waals surface area contributed by atoms with Gasteiger partial charge in [0.15, 0.2) is 0 Å². The number of carbonyl (C=O) groups excluding carboxylic acids is 2. The van der Waals surface area contributed by atoms with Gasteiger partial charge in [0.1, 0.15) is 17.7 Å². The fourth-order valence-electron chi connectivity index (χ4n) is 4.76. The van der Waals surface area contributed by atoms with Crippen LogP contribution in [-0.2, 0) is 22.5 Å². The number of benzene rings is 3. The Bertz CT molecular complexity index is 1320. The van der Waals surface area contributed by atoms with Crippen molar-refractivity contribution in [3.05, 3.63) is 94.6 Å². The molecule has 1 atom stereocenters. The highest BCUT2D eigenvalue weighted by atomic mass is 32.2. The Morgan fingerprint density at radius 3 is 2.49 bits per heavy atom. The monoisotopic (exact) mass is 582 g/mol. The van der Waals surface area contributed by atoms with Crippen LogP contribution in [0.5, 0.6) is 0 Å². The number of hydrogen-bond acceptors (Lipinski definition) is 5. The van der Waals surface area contributed by atoms with Crippen LogP contribution in [0.2, 0.25) is 0 Å². The molecule has 0 aromatic heterocycles. The standard InChI is InChI=1S/C33H40F2N2O3S/c1-5-6-17-37(18-15-25-12-13-26(34)21-30(25)35)22-24-11-14-28(29(20-24)27-10-8-7-9-23(27)2)32(38)36-31(16-19-41-4)33(39)40-3/h7-14,20-21,31H,5-6,15-19,22H2,1-4H3,(H,36,38). The van der Waals surface area contributed by atoms with Gasteiger partial charge in [-0.25, -0.2) is 13.6 Å². The number of esters is 1. The summed E-state index contributed by atoms with van der Waals surface area (Å²) < 4.78 is 32.6. The van der Waals surface area contributed by atoms with Gasteiger partial charge in [-0.15, -0.1) is 0 Å². The van der Waals surface area contributed by atoms with Crippen molar-refractivity contribution < 1.29 is 23.1 Å². The number of rotatable bonds is 15. The van der Waals surface area contributed by atoms with E-state index >= 15 is 0 Å². The third kappa shape index (κ3) is 9.40. The zero-order valence-electron chi connectivity index (χ0n) is 24.3. The number of thioether (sulfide) groups is 1. The van der Waals surface area contributed by atoms with Crippen LogP contribution in [0.4, 0.5) is 8.78 Å². The molecule has 0 aliphatic carbocycles. The van der Waals surface area contributed by atoms with Crippen LogP contribution >= 0.6 is 11.8 Å². The Balaban J connectivity index is 1.90. The molecule has 1 N–H and O–H groups in total. The lowest BCUT2D eigenvalue weighted by atomic mass is 9.93. The van der Waals surface area contributed by atoms with Crippen molar-refractivity contribution in [3.8, 4) is 11.1 Å². The predicted molar refractivity (Wildman–Crippen MR) is 163 cm³/mol. The van der Waals surface area contributed by atoms with Crippen molar-refractivity contribution >= 4 is 23.6 Å². The normalized spacial score (nSPS) is 11.9. The number of nitrogens with one attached hydrogen (secondary N) is 1. The van der Waals surface area contributed by atoms with Gasteiger partial charge >= 0.3 is 5.97 Å². The number of unbranched alkanes of at least 4 members (excludes halogenated alkanes) is 1. The van der Waals surface area contributed by atoms with Crippen molar-refractivity contribution in [1.29, 1.82) is 0 Å². The Labute approximate surface area is 246 Å². The predicted octanol–water partition coefficient (Wildman–Crippen LogP) is 6.81. The summed E-state index contributed by atoms with van der Waals surface area (Å²) in [5.74, 6) is -1.20. The van der Waals surface area contributed by atoms with Gasteiger partial charge in [0.05, 0.1) is 7.11 Å². The highest BCUT2D eigenvalue weighted by Crippen LogP contribution is 2.29. The summed E-state index contributed by atoms with van der Waals surface area (Å²) in [5, 5.41) is 2.88. The van der Waals surface area contributed by atoms with Crippen LogP contribution < -0.4 is 5.32 Å². The average molecular weight is 583 g/mol. The van der Waals surface area contributed by atoms with Crippen LogP contribution in [-0.4, -0.2) is 55.0 Å². The van der Waals surface area contributed by atoms with Crippen LogP contribution in [0.3, 0.4) is 0 Å². The maximum absolute atomic E-state index is 14.3. The Morgan fingerprint density at radius 2 is 1.80 bits per heavy atom. The van der Waals surface area contributed by atoms with E-state index in [4.69, 9.17) is 4.74 Å². The molecule has 1 unspecified atom stereocenters. The highest BCUT2D eigenvalue weighted by Gasteiger charge is 2.24. The Kier molecular flexibility index (Phi) is 12.8. The van der Waals surface area contributed by atoms with E-state index in [9.17, 15) is 18.4 Å². The second-order valence-corrected chi connectivity index (χ2v) is 11.1. The molecule has 3 rings (SSSR count). The summed E-state index contributed by atoms with van der Waals surface area (Å²) >= 11 is 1.60. The molecule has 0 heterocycles. The van der Waals surface area contributed by atoms with E-state index in [2.05, 4.69) is 17.1 Å². The Morgan fingerprint density at radius 1 is 1.02 bits per heavy atom. The van der Waals surface area contributed by atoms with Gasteiger partial charge in [0, 0.05) is 24.7 Å². The fourth-order valence-corrected chi connectivity index (χ4v) is 5.23. The molecule has 8 heteroatoms. The summed E-state index contributed by atoms with van der Waals surface area (Å²) in [5.41, 5.74) is 4.73. The molecule has 0 spiro atoms. The van der Waals surface area contributed by atoms with Gasteiger partial charge in [-0.05, 0) is 90.8 Å². The quantitative estimate of drug-likeness (QED) is 0.200. The summed E-state index contributed by atoms with van der Waals surface area (Å²) in [7, 11) is 1.32. The smallest absolute Gasteiger partial charge is 0.328 e. The molecule has 0 saturated heterocycles.